The lowest BCUT2D eigenvalue weighted by molar-refractivity contribution is -0.140. The van der Waals surface area contributed by atoms with Crippen molar-refractivity contribution in [2.24, 2.45) is 0 Å². The minimum Gasteiger partial charge on any atom is -0.493 e. The standard InChI is InChI=1S/C24H28O7/c1-14(25)20-13-17(15-7-9-18(26-2)21(11-15)28-4)23(24(30-6)31-20)16-8-10-19(27-3)22(12-16)29-5/h7-13,17,23-24H,1-6H3/t17-,23-,24-/m1/s1. The third-order valence-corrected chi connectivity index (χ3v) is 5.42. The summed E-state index contributed by atoms with van der Waals surface area (Å²) in [5.74, 6) is 2.06. The Bertz CT molecular complexity index is 966. The highest BCUT2D eigenvalue weighted by molar-refractivity contribution is 5.91. The fourth-order valence-electron chi connectivity index (χ4n) is 3.86. The van der Waals surface area contributed by atoms with Gasteiger partial charge in [-0.15, -0.1) is 0 Å². The molecular formula is C24H28O7. The van der Waals surface area contributed by atoms with Gasteiger partial charge in [0.25, 0.3) is 0 Å². The molecule has 0 amide bonds. The highest BCUT2D eigenvalue weighted by Gasteiger charge is 2.39. The average molecular weight is 428 g/mol. The van der Waals surface area contributed by atoms with Crippen molar-refractivity contribution in [1.82, 2.24) is 0 Å². The molecule has 0 N–H and O–H groups in total. The number of hydrogen-bond donors (Lipinski definition) is 0. The summed E-state index contributed by atoms with van der Waals surface area (Å²) in [6.07, 6.45) is 1.15. The van der Waals surface area contributed by atoms with Crippen molar-refractivity contribution in [3.05, 3.63) is 59.4 Å². The molecular weight excluding hydrogens is 400 g/mol. The summed E-state index contributed by atoms with van der Waals surface area (Å²) in [7, 11) is 7.92. The molecule has 0 saturated carbocycles. The van der Waals surface area contributed by atoms with Crippen LogP contribution in [0.3, 0.4) is 0 Å². The fraction of sp³-hybridized carbons (Fsp3) is 0.375. The molecule has 3 rings (SSSR count). The zero-order valence-corrected chi connectivity index (χ0v) is 18.6. The van der Waals surface area contributed by atoms with Gasteiger partial charge in [0, 0.05) is 20.0 Å². The first kappa shape index (κ1) is 22.5. The van der Waals surface area contributed by atoms with Crippen LogP contribution in [0.15, 0.2) is 48.2 Å². The third kappa shape index (κ3) is 4.46. The number of carbonyl (C=O) groups is 1. The summed E-state index contributed by atoms with van der Waals surface area (Å²) in [5, 5.41) is 0. The molecule has 0 aliphatic carbocycles. The van der Waals surface area contributed by atoms with Crippen LogP contribution in [0.2, 0.25) is 0 Å². The molecule has 1 heterocycles. The Kier molecular flexibility index (Phi) is 7.07. The zero-order chi connectivity index (χ0) is 22.5. The molecule has 1 aliphatic rings. The Labute approximate surface area is 182 Å². The van der Waals surface area contributed by atoms with E-state index in [0.717, 1.165) is 11.1 Å². The summed E-state index contributed by atoms with van der Waals surface area (Å²) in [5.41, 5.74) is 1.85. The van der Waals surface area contributed by atoms with Crippen molar-refractivity contribution in [1.29, 1.82) is 0 Å². The van der Waals surface area contributed by atoms with Crippen LogP contribution in [0.5, 0.6) is 23.0 Å². The second kappa shape index (κ2) is 9.75. The van der Waals surface area contributed by atoms with Crippen molar-refractivity contribution in [2.45, 2.75) is 25.0 Å². The van der Waals surface area contributed by atoms with Crippen molar-refractivity contribution in [3.63, 3.8) is 0 Å². The molecule has 7 heteroatoms. The van der Waals surface area contributed by atoms with Crippen LogP contribution in [-0.2, 0) is 14.3 Å². The van der Waals surface area contributed by atoms with E-state index in [1.54, 1.807) is 35.5 Å². The molecule has 0 fully saturated rings. The molecule has 0 unspecified atom stereocenters. The molecule has 0 spiro atoms. The van der Waals surface area contributed by atoms with Crippen LogP contribution < -0.4 is 18.9 Å². The molecule has 166 valence electrons. The molecule has 0 bridgehead atoms. The van der Waals surface area contributed by atoms with Gasteiger partial charge in [0.15, 0.2) is 34.5 Å². The van der Waals surface area contributed by atoms with E-state index in [-0.39, 0.29) is 23.4 Å². The molecule has 2 aromatic carbocycles. The number of hydrogen-bond acceptors (Lipinski definition) is 7. The maximum atomic E-state index is 12.2. The largest absolute Gasteiger partial charge is 0.493 e. The van der Waals surface area contributed by atoms with E-state index in [9.17, 15) is 4.79 Å². The zero-order valence-electron chi connectivity index (χ0n) is 18.6. The van der Waals surface area contributed by atoms with Gasteiger partial charge >= 0.3 is 0 Å². The van der Waals surface area contributed by atoms with Gasteiger partial charge in [-0.25, -0.2) is 0 Å². The number of methoxy groups -OCH3 is 5. The van der Waals surface area contributed by atoms with E-state index < -0.39 is 6.29 Å². The number of benzene rings is 2. The van der Waals surface area contributed by atoms with Gasteiger partial charge in [-0.3, -0.25) is 4.79 Å². The minimum absolute atomic E-state index is 0.168. The van der Waals surface area contributed by atoms with E-state index in [1.807, 2.05) is 42.5 Å². The molecule has 2 aromatic rings. The number of carbonyl (C=O) groups excluding carboxylic acids is 1. The Morgan fingerprint density at radius 3 is 1.77 bits per heavy atom. The van der Waals surface area contributed by atoms with Gasteiger partial charge in [-0.1, -0.05) is 12.1 Å². The first-order chi connectivity index (χ1) is 15.0. The highest BCUT2D eigenvalue weighted by atomic mass is 16.7. The molecule has 0 aromatic heterocycles. The first-order valence-corrected chi connectivity index (χ1v) is 9.83. The number of Topliss-reactive ketones (excluding diaryl/α,β-unsaturated/α-hetero) is 1. The van der Waals surface area contributed by atoms with Gasteiger partial charge in [0.05, 0.1) is 34.4 Å². The number of allylic oxidation sites excluding steroid dienone is 2. The van der Waals surface area contributed by atoms with Crippen LogP contribution in [0.25, 0.3) is 0 Å². The second-order valence-corrected chi connectivity index (χ2v) is 7.09. The summed E-state index contributed by atoms with van der Waals surface area (Å²) in [6, 6.07) is 11.4. The third-order valence-electron chi connectivity index (χ3n) is 5.42. The first-order valence-electron chi connectivity index (χ1n) is 9.83. The highest BCUT2D eigenvalue weighted by Crippen LogP contribution is 2.46. The Hall–Kier alpha value is -3.19. The smallest absolute Gasteiger partial charge is 0.207 e. The van der Waals surface area contributed by atoms with E-state index in [4.69, 9.17) is 28.4 Å². The topological polar surface area (TPSA) is 72.5 Å². The van der Waals surface area contributed by atoms with Gasteiger partial charge in [-0.05, 0) is 41.5 Å². The molecule has 31 heavy (non-hydrogen) atoms. The monoisotopic (exact) mass is 428 g/mol. The summed E-state index contributed by atoms with van der Waals surface area (Å²) in [4.78, 5) is 12.2. The minimum atomic E-state index is -0.680. The maximum absolute atomic E-state index is 12.2. The van der Waals surface area contributed by atoms with E-state index in [0.29, 0.717) is 23.0 Å². The SMILES string of the molecule is COc1ccc([C@H]2[C@H](OC)OC(C(C)=O)=C[C@@H]2c2ccc(OC)c(OC)c2)cc1OC. The van der Waals surface area contributed by atoms with Crippen LogP contribution in [0, 0.1) is 0 Å². The molecule has 7 nitrogen and oxygen atoms in total. The summed E-state index contributed by atoms with van der Waals surface area (Å²) >= 11 is 0. The number of ether oxygens (including phenoxy) is 6. The van der Waals surface area contributed by atoms with Crippen LogP contribution in [-0.4, -0.2) is 47.6 Å². The summed E-state index contributed by atoms with van der Waals surface area (Å²) in [6.45, 7) is 1.47. The Morgan fingerprint density at radius 1 is 0.774 bits per heavy atom. The summed E-state index contributed by atoms with van der Waals surface area (Å²) < 4.78 is 33.3. The van der Waals surface area contributed by atoms with Gasteiger partial charge < -0.3 is 28.4 Å². The Morgan fingerprint density at radius 2 is 1.29 bits per heavy atom. The predicted octanol–water partition coefficient (Wildman–Crippen LogP) is 4.06. The second-order valence-electron chi connectivity index (χ2n) is 7.09. The maximum Gasteiger partial charge on any atom is 0.207 e. The molecule has 0 radical (unpaired) electrons. The van der Waals surface area contributed by atoms with Crippen LogP contribution in [0.4, 0.5) is 0 Å². The van der Waals surface area contributed by atoms with Crippen molar-refractivity contribution in [2.75, 3.05) is 35.5 Å². The quantitative estimate of drug-likeness (QED) is 0.628. The fourth-order valence-corrected chi connectivity index (χ4v) is 3.86. The predicted molar refractivity (Wildman–Crippen MR) is 115 cm³/mol. The van der Waals surface area contributed by atoms with E-state index in [1.165, 1.54) is 6.92 Å². The normalized spacial score (nSPS) is 20.3. The lowest BCUT2D eigenvalue weighted by Gasteiger charge is -2.37. The van der Waals surface area contributed by atoms with Crippen molar-refractivity contribution >= 4 is 5.78 Å². The Balaban J connectivity index is 2.17. The molecule has 0 saturated heterocycles. The van der Waals surface area contributed by atoms with E-state index in [2.05, 4.69) is 0 Å². The lowest BCUT2D eigenvalue weighted by Crippen LogP contribution is -2.33. The van der Waals surface area contributed by atoms with Gasteiger partial charge in [0.2, 0.25) is 6.29 Å². The number of rotatable bonds is 8. The van der Waals surface area contributed by atoms with Gasteiger partial charge in [-0.2, -0.15) is 0 Å². The van der Waals surface area contributed by atoms with E-state index >= 15 is 0 Å². The van der Waals surface area contributed by atoms with Crippen LogP contribution >= 0.6 is 0 Å². The van der Waals surface area contributed by atoms with Crippen LogP contribution in [0.1, 0.15) is 29.9 Å². The lowest BCUT2D eigenvalue weighted by atomic mass is 9.78. The van der Waals surface area contributed by atoms with Crippen molar-refractivity contribution < 1.29 is 33.2 Å². The molecule has 3 atom stereocenters. The van der Waals surface area contributed by atoms with Gasteiger partial charge in [0.1, 0.15) is 0 Å². The number of ketones is 1. The average Bonchev–Trinajstić information content (AvgIpc) is 2.81. The molecule has 1 aliphatic heterocycles. The van der Waals surface area contributed by atoms with Crippen molar-refractivity contribution in [3.8, 4) is 23.0 Å².